The van der Waals surface area contributed by atoms with Gasteiger partial charge < -0.3 is 4.74 Å². The van der Waals surface area contributed by atoms with Gasteiger partial charge in [0.1, 0.15) is 12.3 Å². The van der Waals surface area contributed by atoms with Gasteiger partial charge in [-0.25, -0.2) is 8.78 Å². The third-order valence-electron chi connectivity index (χ3n) is 2.22. The van der Waals surface area contributed by atoms with Crippen LogP contribution in [0, 0.1) is 0 Å². The van der Waals surface area contributed by atoms with Crippen LogP contribution >= 0.6 is 11.6 Å². The van der Waals surface area contributed by atoms with E-state index in [0.717, 1.165) is 0 Å². The third-order valence-corrected chi connectivity index (χ3v) is 2.50. The Morgan fingerprint density at radius 2 is 2.22 bits per heavy atom. The van der Waals surface area contributed by atoms with Crippen molar-refractivity contribution in [1.82, 2.24) is 9.78 Å². The molecule has 0 atom stereocenters. The van der Waals surface area contributed by atoms with Crippen LogP contribution in [0.15, 0.2) is 6.20 Å². The van der Waals surface area contributed by atoms with Crippen LogP contribution in [0.1, 0.15) is 36.8 Å². The van der Waals surface area contributed by atoms with Crippen molar-refractivity contribution in [2.75, 3.05) is 13.2 Å². The fourth-order valence-electron chi connectivity index (χ4n) is 1.45. The Kier molecular flexibility index (Phi) is 5.68. The van der Waals surface area contributed by atoms with Gasteiger partial charge in [-0.15, -0.1) is 0 Å². The number of hydrogen-bond donors (Lipinski definition) is 0. The molecule has 0 saturated heterocycles. The topological polar surface area (TPSA) is 44.1 Å². The van der Waals surface area contributed by atoms with Crippen LogP contribution < -0.4 is 0 Å². The van der Waals surface area contributed by atoms with Crippen LogP contribution in [-0.2, 0) is 4.74 Å². The Bertz CT molecular complexity index is 408. The summed E-state index contributed by atoms with van der Waals surface area (Å²) in [4.78, 5) is 11.9. The van der Waals surface area contributed by atoms with Crippen LogP contribution in [0.2, 0.25) is 5.02 Å². The minimum absolute atomic E-state index is 0.00145. The summed E-state index contributed by atoms with van der Waals surface area (Å²) >= 11 is 5.88. The largest absolute Gasteiger partial charge is 0.375 e. The van der Waals surface area contributed by atoms with Crippen LogP contribution in [0.5, 0.6) is 0 Å². The molecule has 0 N–H and O–H groups in total. The molecule has 0 aliphatic carbocycles. The number of carbonyl (C=O) groups is 1. The third kappa shape index (κ3) is 4.03. The number of rotatable bonds is 7. The molecule has 102 valence electrons. The predicted molar refractivity (Wildman–Crippen MR) is 63.4 cm³/mol. The summed E-state index contributed by atoms with van der Waals surface area (Å²) in [5.74, 6) is -0.263. The first-order valence-corrected chi connectivity index (χ1v) is 5.93. The molecule has 4 nitrogen and oxygen atoms in total. The first-order valence-electron chi connectivity index (χ1n) is 5.55. The van der Waals surface area contributed by atoms with E-state index in [9.17, 15) is 13.6 Å². The van der Waals surface area contributed by atoms with Crippen molar-refractivity contribution in [3.63, 3.8) is 0 Å². The van der Waals surface area contributed by atoms with Gasteiger partial charge in [0.2, 0.25) is 0 Å². The molecule has 1 rings (SSSR count). The number of ketones is 1. The number of carbonyl (C=O) groups excluding carboxylic acids is 1. The average Bonchev–Trinajstić information content (AvgIpc) is 2.66. The summed E-state index contributed by atoms with van der Waals surface area (Å²) < 4.78 is 29.8. The standard InChI is InChI=1S/C11H15ClF2N2O2/c1-7(2)16-11(8(12)5-15-16)9(17)3-4-18-6-10(13)14/h5,7,10H,3-4,6H2,1-2H3. The van der Waals surface area contributed by atoms with Crippen LogP contribution in [0.25, 0.3) is 0 Å². The number of nitrogens with zero attached hydrogens (tertiary/aromatic N) is 2. The van der Waals surface area contributed by atoms with Crippen LogP contribution in [0.3, 0.4) is 0 Å². The van der Waals surface area contributed by atoms with Gasteiger partial charge in [0, 0.05) is 12.5 Å². The van der Waals surface area contributed by atoms with E-state index in [2.05, 4.69) is 9.84 Å². The lowest BCUT2D eigenvalue weighted by Gasteiger charge is -2.10. The minimum atomic E-state index is -2.52. The van der Waals surface area contributed by atoms with Crippen molar-refractivity contribution >= 4 is 17.4 Å². The van der Waals surface area contributed by atoms with E-state index in [1.807, 2.05) is 13.8 Å². The molecule has 0 amide bonds. The van der Waals surface area contributed by atoms with E-state index in [-0.39, 0.29) is 29.9 Å². The summed E-state index contributed by atoms with van der Waals surface area (Å²) in [6.45, 7) is 3.02. The summed E-state index contributed by atoms with van der Waals surface area (Å²) in [5.41, 5.74) is 0.298. The highest BCUT2D eigenvalue weighted by Gasteiger charge is 2.18. The lowest BCUT2D eigenvalue weighted by molar-refractivity contribution is 0.0169. The average molecular weight is 281 g/mol. The van der Waals surface area contributed by atoms with Gasteiger partial charge in [0.05, 0.1) is 17.8 Å². The maximum atomic E-state index is 11.9. The summed E-state index contributed by atoms with van der Waals surface area (Å²) in [7, 11) is 0. The smallest absolute Gasteiger partial charge is 0.261 e. The van der Waals surface area contributed by atoms with Crippen LogP contribution in [0.4, 0.5) is 8.78 Å². The Labute approximate surface area is 109 Å². The zero-order chi connectivity index (χ0) is 13.7. The molecule has 0 saturated carbocycles. The highest BCUT2D eigenvalue weighted by Crippen LogP contribution is 2.20. The number of ether oxygens (including phenoxy) is 1. The van der Waals surface area contributed by atoms with E-state index < -0.39 is 13.0 Å². The summed E-state index contributed by atoms with van der Waals surface area (Å²) in [6, 6.07) is -0.00145. The fraction of sp³-hybridized carbons (Fsp3) is 0.636. The lowest BCUT2D eigenvalue weighted by Crippen LogP contribution is -2.15. The van der Waals surface area contributed by atoms with Gasteiger partial charge >= 0.3 is 0 Å². The minimum Gasteiger partial charge on any atom is -0.375 e. The van der Waals surface area contributed by atoms with E-state index in [0.29, 0.717) is 5.69 Å². The maximum Gasteiger partial charge on any atom is 0.261 e. The highest BCUT2D eigenvalue weighted by molar-refractivity contribution is 6.33. The second-order valence-electron chi connectivity index (χ2n) is 4.02. The molecule has 18 heavy (non-hydrogen) atoms. The zero-order valence-corrected chi connectivity index (χ0v) is 11.0. The van der Waals surface area contributed by atoms with Gasteiger partial charge in [0.25, 0.3) is 6.43 Å². The molecule has 1 heterocycles. The number of Topliss-reactive ketones (excluding diaryl/α,β-unsaturated/α-hetero) is 1. The highest BCUT2D eigenvalue weighted by atomic mass is 35.5. The molecule has 1 aromatic rings. The van der Waals surface area contributed by atoms with Gasteiger partial charge in [0.15, 0.2) is 5.78 Å². The molecule has 0 fully saturated rings. The molecule has 0 aromatic carbocycles. The normalized spacial score (nSPS) is 11.5. The van der Waals surface area contributed by atoms with Crippen molar-refractivity contribution in [2.45, 2.75) is 32.7 Å². The molecule has 0 radical (unpaired) electrons. The Hall–Kier alpha value is -1.01. The molecular formula is C11H15ClF2N2O2. The molecule has 0 spiro atoms. The van der Waals surface area contributed by atoms with Gasteiger partial charge in [-0.1, -0.05) is 11.6 Å². The molecule has 0 aliphatic rings. The fourth-order valence-corrected chi connectivity index (χ4v) is 1.68. The van der Waals surface area contributed by atoms with E-state index in [4.69, 9.17) is 11.6 Å². The first-order chi connectivity index (χ1) is 8.43. The van der Waals surface area contributed by atoms with Crippen molar-refractivity contribution in [2.24, 2.45) is 0 Å². The van der Waals surface area contributed by atoms with Crippen molar-refractivity contribution < 1.29 is 18.3 Å². The monoisotopic (exact) mass is 280 g/mol. The van der Waals surface area contributed by atoms with E-state index in [1.54, 1.807) is 0 Å². The van der Waals surface area contributed by atoms with Gasteiger partial charge in [-0.05, 0) is 13.8 Å². The van der Waals surface area contributed by atoms with Crippen molar-refractivity contribution in [3.05, 3.63) is 16.9 Å². The molecule has 0 bridgehead atoms. The van der Waals surface area contributed by atoms with Crippen molar-refractivity contribution in [1.29, 1.82) is 0 Å². The first kappa shape index (κ1) is 15.0. The molecule has 7 heteroatoms. The zero-order valence-electron chi connectivity index (χ0n) is 10.2. The number of hydrogen-bond acceptors (Lipinski definition) is 3. The Morgan fingerprint density at radius 1 is 1.56 bits per heavy atom. The Morgan fingerprint density at radius 3 is 2.78 bits per heavy atom. The van der Waals surface area contributed by atoms with Crippen molar-refractivity contribution in [3.8, 4) is 0 Å². The number of alkyl halides is 2. The molecule has 1 aromatic heterocycles. The van der Waals surface area contributed by atoms with E-state index in [1.165, 1.54) is 10.9 Å². The lowest BCUT2D eigenvalue weighted by atomic mass is 10.2. The summed E-state index contributed by atoms with van der Waals surface area (Å²) in [6.07, 6.45) is -1.12. The number of halogens is 3. The van der Waals surface area contributed by atoms with Crippen LogP contribution in [-0.4, -0.2) is 35.2 Å². The SMILES string of the molecule is CC(C)n1ncc(Cl)c1C(=O)CCOCC(F)F. The number of aromatic nitrogens is 2. The van der Waals surface area contributed by atoms with E-state index >= 15 is 0 Å². The molecule has 0 aliphatic heterocycles. The Balaban J connectivity index is 2.58. The second-order valence-corrected chi connectivity index (χ2v) is 4.43. The van der Waals surface area contributed by atoms with Gasteiger partial charge in [-0.2, -0.15) is 5.10 Å². The van der Waals surface area contributed by atoms with Gasteiger partial charge in [-0.3, -0.25) is 9.48 Å². The molecule has 0 unspecified atom stereocenters. The second kappa shape index (κ2) is 6.80. The summed E-state index contributed by atoms with van der Waals surface area (Å²) in [5, 5.41) is 4.26. The predicted octanol–water partition coefficient (Wildman–Crippen LogP) is 2.97. The quantitative estimate of drug-likeness (QED) is 0.570. The maximum absolute atomic E-state index is 11.9. The molecular weight excluding hydrogens is 266 g/mol.